The van der Waals surface area contributed by atoms with Gasteiger partial charge in [0, 0.05) is 19.2 Å². The molecule has 0 saturated carbocycles. The van der Waals surface area contributed by atoms with Crippen LogP contribution in [0.2, 0.25) is 0 Å². The van der Waals surface area contributed by atoms with E-state index < -0.39 is 11.4 Å². The predicted octanol–water partition coefficient (Wildman–Crippen LogP) is 1.04. The second-order valence-electron chi connectivity index (χ2n) is 6.46. The van der Waals surface area contributed by atoms with Crippen LogP contribution in [-0.2, 0) is 21.5 Å². The van der Waals surface area contributed by atoms with Crippen molar-refractivity contribution in [3.8, 4) is 0 Å². The third kappa shape index (κ3) is 3.74. The maximum Gasteiger partial charge on any atom is 0.350 e. The van der Waals surface area contributed by atoms with Crippen molar-refractivity contribution in [3.05, 3.63) is 70.8 Å². The molecule has 3 aromatic rings. The number of nitrogens with zero attached hydrogens (tertiary/aromatic N) is 3. The van der Waals surface area contributed by atoms with Crippen molar-refractivity contribution in [3.63, 3.8) is 0 Å². The molecule has 1 atom stereocenters. The van der Waals surface area contributed by atoms with Gasteiger partial charge in [0.15, 0.2) is 5.65 Å². The minimum Gasteiger partial charge on any atom is -0.481 e. The number of aryl methyl sites for hydroxylation is 1. The van der Waals surface area contributed by atoms with Gasteiger partial charge in [-0.05, 0) is 24.6 Å². The van der Waals surface area contributed by atoms with Gasteiger partial charge in [0.25, 0.3) is 0 Å². The summed E-state index contributed by atoms with van der Waals surface area (Å²) < 4.78 is 2.62. The van der Waals surface area contributed by atoms with Gasteiger partial charge in [0.1, 0.15) is 5.41 Å². The Morgan fingerprint density at radius 2 is 1.85 bits per heavy atom. The van der Waals surface area contributed by atoms with E-state index in [1.54, 1.807) is 61.7 Å². The first kappa shape index (κ1) is 18.4. The zero-order valence-corrected chi connectivity index (χ0v) is 14.8. The van der Waals surface area contributed by atoms with Crippen molar-refractivity contribution in [1.29, 1.82) is 0 Å². The SMILES string of the molecule is CC(CNC(=O)CCn1nc2ccccn2c1=O)(C(=O)O)c1ccccc1. The van der Waals surface area contributed by atoms with E-state index in [1.807, 2.05) is 0 Å². The Hall–Kier alpha value is -3.42. The van der Waals surface area contributed by atoms with E-state index in [0.717, 1.165) is 0 Å². The van der Waals surface area contributed by atoms with Crippen LogP contribution in [0, 0.1) is 0 Å². The van der Waals surface area contributed by atoms with Gasteiger partial charge in [-0.15, -0.1) is 5.10 Å². The van der Waals surface area contributed by atoms with Crippen molar-refractivity contribution in [2.24, 2.45) is 0 Å². The minimum atomic E-state index is -1.24. The number of rotatable bonds is 7. The lowest BCUT2D eigenvalue weighted by atomic mass is 9.82. The molecule has 0 aliphatic rings. The zero-order chi connectivity index (χ0) is 19.4. The first-order chi connectivity index (χ1) is 12.9. The summed E-state index contributed by atoms with van der Waals surface area (Å²) in [5.41, 5.74) is -0.450. The van der Waals surface area contributed by atoms with E-state index in [2.05, 4.69) is 10.4 Å². The first-order valence-corrected chi connectivity index (χ1v) is 8.51. The quantitative estimate of drug-likeness (QED) is 0.648. The summed E-state index contributed by atoms with van der Waals surface area (Å²) in [4.78, 5) is 36.1. The molecular formula is C19H20N4O4. The van der Waals surface area contributed by atoms with Crippen LogP contribution < -0.4 is 11.0 Å². The van der Waals surface area contributed by atoms with Crippen LogP contribution in [0.15, 0.2) is 59.5 Å². The number of pyridine rings is 1. The number of fused-ring (bicyclic) bond motifs is 1. The molecule has 0 saturated heterocycles. The first-order valence-electron chi connectivity index (χ1n) is 8.51. The molecule has 0 bridgehead atoms. The summed E-state index contributed by atoms with van der Waals surface area (Å²) >= 11 is 0. The number of carboxylic acid groups (broad SMARTS) is 1. The fourth-order valence-corrected chi connectivity index (χ4v) is 2.79. The number of carbonyl (C=O) groups excluding carboxylic acids is 1. The molecule has 0 radical (unpaired) electrons. The average molecular weight is 368 g/mol. The summed E-state index contributed by atoms with van der Waals surface area (Å²) in [6, 6.07) is 14.0. The summed E-state index contributed by atoms with van der Waals surface area (Å²) in [6.45, 7) is 1.63. The topological polar surface area (TPSA) is 106 Å². The van der Waals surface area contributed by atoms with E-state index in [9.17, 15) is 19.5 Å². The monoisotopic (exact) mass is 368 g/mol. The third-order valence-electron chi connectivity index (χ3n) is 4.56. The molecule has 1 unspecified atom stereocenters. The van der Waals surface area contributed by atoms with Crippen molar-refractivity contribution >= 4 is 17.5 Å². The van der Waals surface area contributed by atoms with E-state index in [4.69, 9.17) is 0 Å². The maximum absolute atomic E-state index is 12.2. The molecule has 2 N–H and O–H groups in total. The highest BCUT2D eigenvalue weighted by atomic mass is 16.4. The lowest BCUT2D eigenvalue weighted by Gasteiger charge is -2.25. The van der Waals surface area contributed by atoms with Crippen LogP contribution in [-0.4, -0.2) is 37.7 Å². The summed E-state index contributed by atoms with van der Waals surface area (Å²) in [7, 11) is 0. The van der Waals surface area contributed by atoms with Crippen molar-refractivity contribution in [2.45, 2.75) is 25.3 Å². The highest BCUT2D eigenvalue weighted by Crippen LogP contribution is 2.23. The lowest BCUT2D eigenvalue weighted by Crippen LogP contribution is -2.44. The van der Waals surface area contributed by atoms with Gasteiger partial charge in [-0.1, -0.05) is 36.4 Å². The molecule has 0 aliphatic heterocycles. The molecule has 27 heavy (non-hydrogen) atoms. The Labute approximate surface area is 155 Å². The van der Waals surface area contributed by atoms with Crippen LogP contribution in [0.5, 0.6) is 0 Å². The normalized spacial score (nSPS) is 13.2. The molecule has 140 valence electrons. The summed E-state index contributed by atoms with van der Waals surface area (Å²) in [5.74, 6) is -1.37. The Balaban J connectivity index is 1.64. The molecule has 3 rings (SSSR count). The van der Waals surface area contributed by atoms with Gasteiger partial charge in [-0.3, -0.25) is 14.0 Å². The molecule has 1 aromatic carbocycles. The van der Waals surface area contributed by atoms with E-state index in [1.165, 1.54) is 9.08 Å². The van der Waals surface area contributed by atoms with Crippen LogP contribution >= 0.6 is 0 Å². The molecule has 8 heteroatoms. The van der Waals surface area contributed by atoms with Gasteiger partial charge in [-0.2, -0.15) is 0 Å². The van der Waals surface area contributed by atoms with E-state index in [-0.39, 0.29) is 31.1 Å². The van der Waals surface area contributed by atoms with Gasteiger partial charge in [0.2, 0.25) is 5.91 Å². The Morgan fingerprint density at radius 3 is 2.52 bits per heavy atom. The number of aromatic nitrogens is 3. The van der Waals surface area contributed by atoms with Gasteiger partial charge < -0.3 is 10.4 Å². The van der Waals surface area contributed by atoms with E-state index >= 15 is 0 Å². The molecule has 1 amide bonds. The summed E-state index contributed by atoms with van der Waals surface area (Å²) in [5, 5.41) is 16.4. The third-order valence-corrected chi connectivity index (χ3v) is 4.56. The standard InChI is InChI=1S/C19H20N4O4/c1-19(17(25)26,14-7-3-2-4-8-14)13-20-16(24)10-12-23-18(27)22-11-6-5-9-15(22)21-23/h2-9,11H,10,12-13H2,1H3,(H,20,24)(H,25,26). The molecular weight excluding hydrogens is 348 g/mol. The number of nitrogens with one attached hydrogen (secondary N) is 1. The Morgan fingerprint density at radius 1 is 1.15 bits per heavy atom. The number of amides is 1. The maximum atomic E-state index is 12.2. The largest absolute Gasteiger partial charge is 0.481 e. The summed E-state index contributed by atoms with van der Waals surface area (Å²) in [6.07, 6.45) is 1.63. The van der Waals surface area contributed by atoms with Crippen LogP contribution in [0.25, 0.3) is 5.65 Å². The van der Waals surface area contributed by atoms with Crippen LogP contribution in [0.3, 0.4) is 0 Å². The number of hydrogen-bond donors (Lipinski definition) is 2. The molecule has 0 fully saturated rings. The second kappa shape index (κ2) is 7.45. The Kier molecular flexibility index (Phi) is 5.07. The van der Waals surface area contributed by atoms with Gasteiger partial charge in [0.05, 0.1) is 6.54 Å². The molecule has 8 nitrogen and oxygen atoms in total. The second-order valence-corrected chi connectivity index (χ2v) is 6.46. The number of carboxylic acids is 1. The lowest BCUT2D eigenvalue weighted by molar-refractivity contribution is -0.143. The number of hydrogen-bond acceptors (Lipinski definition) is 4. The van der Waals surface area contributed by atoms with Crippen molar-refractivity contribution in [2.75, 3.05) is 6.54 Å². The Bertz CT molecular complexity index is 1020. The molecule has 2 aromatic heterocycles. The fraction of sp³-hybridized carbons (Fsp3) is 0.263. The smallest absolute Gasteiger partial charge is 0.350 e. The predicted molar refractivity (Wildman–Crippen MR) is 98.5 cm³/mol. The molecule has 0 aliphatic carbocycles. The van der Waals surface area contributed by atoms with Crippen LogP contribution in [0.1, 0.15) is 18.9 Å². The average Bonchev–Trinajstić information content (AvgIpc) is 3.01. The molecule has 0 spiro atoms. The zero-order valence-electron chi connectivity index (χ0n) is 14.8. The minimum absolute atomic E-state index is 0.0221. The van der Waals surface area contributed by atoms with Crippen molar-refractivity contribution < 1.29 is 14.7 Å². The van der Waals surface area contributed by atoms with Crippen molar-refractivity contribution in [1.82, 2.24) is 19.5 Å². The van der Waals surface area contributed by atoms with Gasteiger partial charge in [-0.25, -0.2) is 9.48 Å². The highest BCUT2D eigenvalue weighted by Gasteiger charge is 2.35. The van der Waals surface area contributed by atoms with E-state index in [0.29, 0.717) is 11.2 Å². The van der Waals surface area contributed by atoms with Crippen LogP contribution in [0.4, 0.5) is 0 Å². The molecule has 2 heterocycles. The highest BCUT2D eigenvalue weighted by molar-refractivity contribution is 5.83. The fourth-order valence-electron chi connectivity index (χ4n) is 2.79. The number of aliphatic carboxylic acids is 1. The number of carbonyl (C=O) groups is 2. The van der Waals surface area contributed by atoms with Gasteiger partial charge >= 0.3 is 11.7 Å². The number of benzene rings is 1.